The van der Waals surface area contributed by atoms with Gasteiger partial charge in [0, 0.05) is 6.42 Å². The highest BCUT2D eigenvalue weighted by Gasteiger charge is 2.20. The molecule has 0 radical (unpaired) electrons. The Labute approximate surface area is 122 Å². The number of aliphatic hydroxyl groups excluding tert-OH is 1. The second kappa shape index (κ2) is 6.39. The lowest BCUT2D eigenvalue weighted by molar-refractivity contribution is 0.0693. The van der Waals surface area contributed by atoms with Crippen LogP contribution in [-0.4, -0.2) is 27.4 Å². The van der Waals surface area contributed by atoms with Crippen molar-refractivity contribution in [1.29, 1.82) is 0 Å². The van der Waals surface area contributed by atoms with Crippen LogP contribution in [-0.2, 0) is 6.42 Å². The van der Waals surface area contributed by atoms with Crippen LogP contribution in [0.2, 0.25) is 0 Å². The Bertz CT molecular complexity index is 627. The highest BCUT2D eigenvalue weighted by molar-refractivity contribution is 5.90. The van der Waals surface area contributed by atoms with Crippen molar-refractivity contribution in [2.75, 3.05) is 0 Å². The van der Waals surface area contributed by atoms with Gasteiger partial charge in [-0.2, -0.15) is 0 Å². The third-order valence-electron chi connectivity index (χ3n) is 3.34. The van der Waals surface area contributed by atoms with Crippen LogP contribution >= 0.6 is 0 Å². The van der Waals surface area contributed by atoms with Gasteiger partial charge in [0.25, 0.3) is 0 Å². The summed E-state index contributed by atoms with van der Waals surface area (Å²) in [5, 5.41) is 28.6. The fourth-order valence-electron chi connectivity index (χ4n) is 2.14. The van der Waals surface area contributed by atoms with Gasteiger partial charge in [0.1, 0.15) is 11.3 Å². The van der Waals surface area contributed by atoms with E-state index in [-0.39, 0.29) is 11.3 Å². The van der Waals surface area contributed by atoms with Gasteiger partial charge >= 0.3 is 5.97 Å². The van der Waals surface area contributed by atoms with Gasteiger partial charge in [-0.1, -0.05) is 36.4 Å². The molecule has 0 aliphatic rings. The number of carboxylic acid groups (broad SMARTS) is 1. The van der Waals surface area contributed by atoms with Gasteiger partial charge in [0.15, 0.2) is 0 Å². The first-order chi connectivity index (χ1) is 9.99. The molecule has 5 nitrogen and oxygen atoms in total. The fraction of sp³-hybridized carbons (Fsp3) is 0.188. The number of rotatable bonds is 5. The Morgan fingerprint density at radius 3 is 2.43 bits per heavy atom. The third-order valence-corrected chi connectivity index (χ3v) is 3.34. The SMILES string of the molecule is N[C@@H](c1ccc(O)c(C(=O)O)c1)[C@H](O)Cc1ccccc1. The van der Waals surface area contributed by atoms with E-state index in [0.29, 0.717) is 12.0 Å². The van der Waals surface area contributed by atoms with E-state index in [9.17, 15) is 15.0 Å². The van der Waals surface area contributed by atoms with Gasteiger partial charge in [-0.15, -0.1) is 0 Å². The number of benzene rings is 2. The van der Waals surface area contributed by atoms with E-state index in [2.05, 4.69) is 0 Å². The Hall–Kier alpha value is -2.37. The molecule has 0 spiro atoms. The first kappa shape index (κ1) is 15.0. The standard InChI is InChI=1S/C16H17NO4/c17-15(14(19)8-10-4-2-1-3-5-10)11-6-7-13(18)12(9-11)16(20)21/h1-7,9,14-15,18-19H,8,17H2,(H,20,21)/t14-,15+/m1/s1. The number of hydrogen-bond acceptors (Lipinski definition) is 4. The number of carbonyl (C=O) groups is 1. The number of aromatic carboxylic acids is 1. The average Bonchev–Trinajstić information content (AvgIpc) is 2.47. The first-order valence-corrected chi connectivity index (χ1v) is 6.53. The summed E-state index contributed by atoms with van der Waals surface area (Å²) in [6, 6.07) is 12.7. The Balaban J connectivity index is 2.17. The van der Waals surface area contributed by atoms with E-state index in [1.54, 1.807) is 0 Å². The van der Waals surface area contributed by atoms with E-state index >= 15 is 0 Å². The van der Waals surface area contributed by atoms with Crippen molar-refractivity contribution in [3.8, 4) is 5.75 Å². The smallest absolute Gasteiger partial charge is 0.339 e. The maximum Gasteiger partial charge on any atom is 0.339 e. The third kappa shape index (κ3) is 3.59. The molecular formula is C16H17NO4. The van der Waals surface area contributed by atoms with Gasteiger partial charge in [0.05, 0.1) is 12.1 Å². The number of phenols is 1. The van der Waals surface area contributed by atoms with E-state index in [1.165, 1.54) is 18.2 Å². The molecule has 0 saturated carbocycles. The summed E-state index contributed by atoms with van der Waals surface area (Å²) in [6.07, 6.45) is -0.482. The minimum atomic E-state index is -1.24. The van der Waals surface area contributed by atoms with Crippen molar-refractivity contribution in [3.63, 3.8) is 0 Å². The van der Waals surface area contributed by atoms with Crippen LogP contribution in [0.25, 0.3) is 0 Å². The minimum Gasteiger partial charge on any atom is -0.507 e. The zero-order valence-corrected chi connectivity index (χ0v) is 11.3. The molecule has 0 amide bonds. The maximum absolute atomic E-state index is 11.0. The molecule has 2 aromatic carbocycles. The van der Waals surface area contributed by atoms with Crippen molar-refractivity contribution in [2.24, 2.45) is 5.73 Å². The molecule has 2 aromatic rings. The molecule has 2 rings (SSSR count). The molecule has 0 aliphatic heterocycles. The van der Waals surface area contributed by atoms with E-state index in [0.717, 1.165) is 5.56 Å². The zero-order chi connectivity index (χ0) is 15.4. The molecule has 0 fully saturated rings. The Morgan fingerprint density at radius 1 is 1.14 bits per heavy atom. The number of hydrogen-bond donors (Lipinski definition) is 4. The number of aromatic hydroxyl groups is 1. The summed E-state index contributed by atoms with van der Waals surface area (Å²) in [7, 11) is 0. The molecule has 0 aliphatic carbocycles. The Morgan fingerprint density at radius 2 is 1.81 bits per heavy atom. The fourth-order valence-corrected chi connectivity index (χ4v) is 2.14. The molecule has 0 aromatic heterocycles. The van der Waals surface area contributed by atoms with Gasteiger partial charge < -0.3 is 21.1 Å². The van der Waals surface area contributed by atoms with Crippen LogP contribution in [0.3, 0.4) is 0 Å². The summed E-state index contributed by atoms with van der Waals surface area (Å²) in [5.74, 6) is -1.56. The van der Waals surface area contributed by atoms with Crippen molar-refractivity contribution >= 4 is 5.97 Å². The van der Waals surface area contributed by atoms with E-state index < -0.39 is 18.1 Å². The quantitative estimate of drug-likeness (QED) is 0.670. The van der Waals surface area contributed by atoms with Crippen LogP contribution in [0.1, 0.15) is 27.5 Å². The van der Waals surface area contributed by atoms with Crippen LogP contribution < -0.4 is 5.73 Å². The largest absolute Gasteiger partial charge is 0.507 e. The summed E-state index contributed by atoms with van der Waals surface area (Å²) in [4.78, 5) is 11.0. The van der Waals surface area contributed by atoms with Crippen molar-refractivity contribution < 1.29 is 20.1 Å². The normalized spacial score (nSPS) is 13.6. The van der Waals surface area contributed by atoms with Gasteiger partial charge in [0.2, 0.25) is 0 Å². The monoisotopic (exact) mass is 287 g/mol. The Kier molecular flexibility index (Phi) is 4.57. The predicted octanol–water partition coefficient (Wildman–Crippen LogP) is 1.69. The highest BCUT2D eigenvalue weighted by atomic mass is 16.4. The molecule has 0 saturated heterocycles. The van der Waals surface area contributed by atoms with Gasteiger partial charge in [-0.05, 0) is 23.3 Å². The van der Waals surface area contributed by atoms with Crippen LogP contribution in [0.4, 0.5) is 0 Å². The van der Waals surface area contributed by atoms with Crippen LogP contribution in [0, 0.1) is 0 Å². The molecule has 5 N–H and O–H groups in total. The van der Waals surface area contributed by atoms with Crippen molar-refractivity contribution in [2.45, 2.75) is 18.6 Å². The lowest BCUT2D eigenvalue weighted by atomic mass is 9.95. The van der Waals surface area contributed by atoms with Crippen molar-refractivity contribution in [1.82, 2.24) is 0 Å². The second-order valence-electron chi connectivity index (χ2n) is 4.86. The molecule has 0 heterocycles. The van der Waals surface area contributed by atoms with Gasteiger partial charge in [-0.25, -0.2) is 4.79 Å². The number of carboxylic acids is 1. The van der Waals surface area contributed by atoms with Crippen molar-refractivity contribution in [3.05, 3.63) is 65.2 Å². The molecule has 2 atom stereocenters. The lowest BCUT2D eigenvalue weighted by Crippen LogP contribution is -2.28. The van der Waals surface area contributed by atoms with Crippen LogP contribution in [0.15, 0.2) is 48.5 Å². The molecule has 21 heavy (non-hydrogen) atoms. The summed E-state index contributed by atoms with van der Waals surface area (Å²) in [5.41, 5.74) is 7.16. The molecule has 5 heteroatoms. The number of aliphatic hydroxyl groups is 1. The lowest BCUT2D eigenvalue weighted by Gasteiger charge is -2.20. The zero-order valence-electron chi connectivity index (χ0n) is 11.3. The average molecular weight is 287 g/mol. The van der Waals surface area contributed by atoms with E-state index in [1.807, 2.05) is 30.3 Å². The first-order valence-electron chi connectivity index (χ1n) is 6.53. The summed E-state index contributed by atoms with van der Waals surface area (Å²) >= 11 is 0. The highest BCUT2D eigenvalue weighted by Crippen LogP contribution is 2.24. The topological polar surface area (TPSA) is 104 Å². The number of nitrogens with two attached hydrogens (primary N) is 1. The van der Waals surface area contributed by atoms with Gasteiger partial charge in [-0.3, -0.25) is 0 Å². The van der Waals surface area contributed by atoms with Crippen LogP contribution in [0.5, 0.6) is 5.75 Å². The molecular weight excluding hydrogens is 270 g/mol. The maximum atomic E-state index is 11.0. The van der Waals surface area contributed by atoms with E-state index in [4.69, 9.17) is 10.8 Å². The minimum absolute atomic E-state index is 0.227. The summed E-state index contributed by atoms with van der Waals surface area (Å²) in [6.45, 7) is 0. The predicted molar refractivity (Wildman–Crippen MR) is 78.1 cm³/mol. The summed E-state index contributed by atoms with van der Waals surface area (Å²) < 4.78 is 0. The molecule has 0 unspecified atom stereocenters. The second-order valence-corrected chi connectivity index (χ2v) is 4.86. The molecule has 110 valence electrons. The molecule has 0 bridgehead atoms.